The summed E-state index contributed by atoms with van der Waals surface area (Å²) in [4.78, 5) is 23.1. The Labute approximate surface area is 111 Å². The van der Waals surface area contributed by atoms with E-state index in [2.05, 4.69) is 10.1 Å². The van der Waals surface area contributed by atoms with E-state index in [0.29, 0.717) is 5.56 Å². The van der Waals surface area contributed by atoms with Gasteiger partial charge in [0.05, 0.1) is 12.3 Å². The van der Waals surface area contributed by atoms with E-state index in [1.54, 1.807) is 26.0 Å². The number of nitrogens with one attached hydrogen (secondary N) is 1. The fourth-order valence-corrected chi connectivity index (χ4v) is 1.60. The maximum Gasteiger partial charge on any atom is 0.332 e. The van der Waals surface area contributed by atoms with Gasteiger partial charge in [0, 0.05) is 0 Å². The molecule has 0 heterocycles. The third-order valence-corrected chi connectivity index (χ3v) is 2.53. The Morgan fingerprint density at radius 3 is 2.63 bits per heavy atom. The van der Waals surface area contributed by atoms with Crippen LogP contribution in [-0.2, 0) is 14.3 Å². The zero-order valence-electron chi connectivity index (χ0n) is 11.2. The summed E-state index contributed by atoms with van der Waals surface area (Å²) in [6.07, 6.45) is 0. The van der Waals surface area contributed by atoms with E-state index in [1.807, 2.05) is 6.92 Å². The average Bonchev–Trinajstić information content (AvgIpc) is 2.34. The number of nitrogens with two attached hydrogens (primary N) is 1. The van der Waals surface area contributed by atoms with E-state index in [4.69, 9.17) is 5.73 Å². The minimum Gasteiger partial charge on any atom is -0.505 e. The number of phenols is 1. The van der Waals surface area contributed by atoms with Crippen LogP contribution in [0, 0.1) is 13.8 Å². The third-order valence-electron chi connectivity index (χ3n) is 2.53. The molecule has 0 fully saturated rings. The van der Waals surface area contributed by atoms with Crippen molar-refractivity contribution in [1.82, 2.24) is 0 Å². The summed E-state index contributed by atoms with van der Waals surface area (Å²) in [6.45, 7) is 5.31. The van der Waals surface area contributed by atoms with Crippen LogP contribution >= 0.6 is 0 Å². The second-order valence-corrected chi connectivity index (χ2v) is 4.20. The number of phenolic OH excluding ortho intramolecular Hbond substituents is 1. The minimum atomic E-state index is -1.42. The summed E-state index contributed by atoms with van der Waals surface area (Å²) >= 11 is 0. The zero-order valence-corrected chi connectivity index (χ0v) is 11.2. The van der Waals surface area contributed by atoms with E-state index in [-0.39, 0.29) is 18.0 Å². The predicted octanol–water partition coefficient (Wildman–Crippen LogP) is 0.838. The molecule has 4 N–H and O–H groups in total. The first-order valence-corrected chi connectivity index (χ1v) is 5.90. The normalized spacial score (nSPS) is 11.8. The van der Waals surface area contributed by atoms with Gasteiger partial charge in [-0.2, -0.15) is 0 Å². The van der Waals surface area contributed by atoms with Crippen molar-refractivity contribution in [1.29, 1.82) is 0 Å². The Balaban J connectivity index is 2.85. The fraction of sp³-hybridized carbons (Fsp3) is 0.385. The van der Waals surface area contributed by atoms with Crippen LogP contribution in [0.3, 0.4) is 0 Å². The standard InChI is InChI=1S/C13H18N2O4/c1-4-19-13(18)10(14)12(17)15-9-6-7(2)5-8(3)11(9)16/h5-6,10,16H,4,14H2,1-3H3,(H,15,17). The maximum absolute atomic E-state index is 11.8. The summed E-state index contributed by atoms with van der Waals surface area (Å²) in [5, 5.41) is 12.2. The lowest BCUT2D eigenvalue weighted by atomic mass is 10.1. The lowest BCUT2D eigenvalue weighted by Gasteiger charge is -2.13. The van der Waals surface area contributed by atoms with Gasteiger partial charge in [-0.25, -0.2) is 4.79 Å². The topological polar surface area (TPSA) is 102 Å². The quantitative estimate of drug-likeness (QED) is 0.426. The van der Waals surface area contributed by atoms with E-state index >= 15 is 0 Å². The number of anilines is 1. The van der Waals surface area contributed by atoms with Crippen LogP contribution in [0.25, 0.3) is 0 Å². The molecule has 1 rings (SSSR count). The number of amides is 1. The largest absolute Gasteiger partial charge is 0.505 e. The lowest BCUT2D eigenvalue weighted by molar-refractivity contribution is -0.146. The zero-order chi connectivity index (χ0) is 14.6. The molecule has 1 atom stereocenters. The summed E-state index contributed by atoms with van der Waals surface area (Å²) in [5.74, 6) is -1.57. The molecule has 0 radical (unpaired) electrons. The molecule has 1 aromatic rings. The first kappa shape index (κ1) is 15.0. The number of rotatable bonds is 4. The molecular weight excluding hydrogens is 248 g/mol. The molecule has 0 aliphatic heterocycles. The number of hydrogen-bond acceptors (Lipinski definition) is 5. The van der Waals surface area contributed by atoms with Gasteiger partial charge in [-0.15, -0.1) is 0 Å². The highest BCUT2D eigenvalue weighted by molar-refractivity contribution is 6.08. The second kappa shape index (κ2) is 6.19. The van der Waals surface area contributed by atoms with Gasteiger partial charge in [0.25, 0.3) is 5.91 Å². The summed E-state index contributed by atoms with van der Waals surface area (Å²) < 4.78 is 4.65. The molecule has 1 amide bonds. The van der Waals surface area contributed by atoms with Crippen LogP contribution in [0.4, 0.5) is 5.69 Å². The van der Waals surface area contributed by atoms with Crippen molar-refractivity contribution in [3.63, 3.8) is 0 Å². The molecule has 0 saturated heterocycles. The highest BCUT2D eigenvalue weighted by Crippen LogP contribution is 2.28. The Morgan fingerprint density at radius 2 is 2.05 bits per heavy atom. The molecule has 19 heavy (non-hydrogen) atoms. The maximum atomic E-state index is 11.8. The van der Waals surface area contributed by atoms with Gasteiger partial charge in [-0.1, -0.05) is 6.07 Å². The van der Waals surface area contributed by atoms with Crippen LogP contribution in [0.2, 0.25) is 0 Å². The molecule has 0 saturated carbocycles. The van der Waals surface area contributed by atoms with Crippen molar-refractivity contribution in [3.05, 3.63) is 23.3 Å². The average molecular weight is 266 g/mol. The van der Waals surface area contributed by atoms with E-state index in [9.17, 15) is 14.7 Å². The third kappa shape index (κ3) is 3.69. The predicted molar refractivity (Wildman–Crippen MR) is 70.8 cm³/mol. The molecule has 1 aromatic carbocycles. The van der Waals surface area contributed by atoms with Gasteiger partial charge in [-0.3, -0.25) is 4.79 Å². The molecular formula is C13H18N2O4. The van der Waals surface area contributed by atoms with Gasteiger partial charge in [-0.05, 0) is 38.0 Å². The Hall–Kier alpha value is -2.08. The van der Waals surface area contributed by atoms with Crippen molar-refractivity contribution in [2.45, 2.75) is 26.8 Å². The summed E-state index contributed by atoms with van der Waals surface area (Å²) in [6, 6.07) is 1.95. The Bertz CT molecular complexity index is 500. The van der Waals surface area contributed by atoms with Gasteiger partial charge >= 0.3 is 5.97 Å². The van der Waals surface area contributed by atoms with Crippen molar-refractivity contribution >= 4 is 17.6 Å². The second-order valence-electron chi connectivity index (χ2n) is 4.20. The first-order valence-electron chi connectivity index (χ1n) is 5.90. The van der Waals surface area contributed by atoms with Crippen molar-refractivity contribution in [2.24, 2.45) is 5.73 Å². The molecule has 1 unspecified atom stereocenters. The highest BCUT2D eigenvalue weighted by Gasteiger charge is 2.24. The molecule has 0 aliphatic carbocycles. The monoisotopic (exact) mass is 266 g/mol. The number of carbonyl (C=O) groups excluding carboxylic acids is 2. The van der Waals surface area contributed by atoms with Crippen LogP contribution in [0.1, 0.15) is 18.1 Å². The van der Waals surface area contributed by atoms with Crippen LogP contribution in [0.15, 0.2) is 12.1 Å². The SMILES string of the molecule is CCOC(=O)C(N)C(=O)Nc1cc(C)cc(C)c1O. The van der Waals surface area contributed by atoms with E-state index < -0.39 is 17.9 Å². The molecule has 6 heteroatoms. The van der Waals surface area contributed by atoms with Gasteiger partial charge < -0.3 is 20.9 Å². The number of carbonyl (C=O) groups is 2. The number of aromatic hydroxyl groups is 1. The Kier molecular flexibility index (Phi) is 4.88. The van der Waals surface area contributed by atoms with E-state index in [0.717, 1.165) is 5.56 Å². The molecule has 0 aliphatic rings. The van der Waals surface area contributed by atoms with Gasteiger partial charge in [0.15, 0.2) is 6.04 Å². The number of hydrogen-bond donors (Lipinski definition) is 3. The van der Waals surface area contributed by atoms with Gasteiger partial charge in [0.1, 0.15) is 5.75 Å². The molecule has 6 nitrogen and oxygen atoms in total. The molecule has 0 bridgehead atoms. The highest BCUT2D eigenvalue weighted by atomic mass is 16.5. The van der Waals surface area contributed by atoms with Crippen molar-refractivity contribution in [3.8, 4) is 5.75 Å². The summed E-state index contributed by atoms with van der Waals surface area (Å²) in [5.41, 5.74) is 7.17. The van der Waals surface area contributed by atoms with Crippen molar-refractivity contribution < 1.29 is 19.4 Å². The molecule has 104 valence electrons. The minimum absolute atomic E-state index is 0.0463. The lowest BCUT2D eigenvalue weighted by Crippen LogP contribution is -2.43. The number of ether oxygens (including phenoxy) is 1. The van der Waals surface area contributed by atoms with Crippen LogP contribution < -0.4 is 11.1 Å². The smallest absolute Gasteiger partial charge is 0.332 e. The first-order chi connectivity index (χ1) is 8.86. The van der Waals surface area contributed by atoms with Gasteiger partial charge in [0.2, 0.25) is 0 Å². The Morgan fingerprint density at radius 1 is 1.42 bits per heavy atom. The number of aryl methyl sites for hydroxylation is 2. The van der Waals surface area contributed by atoms with Crippen LogP contribution in [0.5, 0.6) is 5.75 Å². The number of benzene rings is 1. The van der Waals surface area contributed by atoms with Crippen LogP contribution in [-0.4, -0.2) is 29.6 Å². The van der Waals surface area contributed by atoms with E-state index in [1.165, 1.54) is 0 Å². The summed E-state index contributed by atoms with van der Waals surface area (Å²) in [7, 11) is 0. The number of esters is 1. The fourth-order valence-electron chi connectivity index (χ4n) is 1.60. The van der Waals surface area contributed by atoms with Crippen molar-refractivity contribution in [2.75, 3.05) is 11.9 Å². The molecule has 0 spiro atoms. The molecule has 0 aromatic heterocycles.